The molecule has 0 bridgehead atoms. The minimum atomic E-state index is -0.128. The van der Waals surface area contributed by atoms with E-state index in [1.807, 2.05) is 14.0 Å². The lowest BCUT2D eigenvalue weighted by Gasteiger charge is -2.18. The zero-order chi connectivity index (χ0) is 10.0. The van der Waals surface area contributed by atoms with Crippen molar-refractivity contribution in [3.8, 4) is 0 Å². The minimum Gasteiger partial charge on any atom is -0.315 e. The van der Waals surface area contributed by atoms with Crippen LogP contribution in [0, 0.1) is 5.92 Å². The van der Waals surface area contributed by atoms with Gasteiger partial charge in [-0.05, 0) is 14.0 Å². The van der Waals surface area contributed by atoms with Crippen LogP contribution in [0.1, 0.15) is 20.3 Å². The summed E-state index contributed by atoms with van der Waals surface area (Å²) in [4.78, 5) is 24.1. The SMILES string of the molecule is CNC(C)CN1C(=O)CC(C)C1=O. The van der Waals surface area contributed by atoms with Gasteiger partial charge in [-0.1, -0.05) is 6.92 Å². The predicted molar refractivity (Wildman–Crippen MR) is 49.0 cm³/mol. The topological polar surface area (TPSA) is 49.4 Å². The van der Waals surface area contributed by atoms with Crippen LogP contribution in [-0.4, -0.2) is 36.3 Å². The lowest BCUT2D eigenvalue weighted by atomic mass is 10.1. The second kappa shape index (κ2) is 3.87. The van der Waals surface area contributed by atoms with Gasteiger partial charge in [0.2, 0.25) is 11.8 Å². The molecule has 1 fully saturated rings. The Kier molecular flexibility index (Phi) is 3.03. The lowest BCUT2D eigenvalue weighted by molar-refractivity contribution is -0.139. The third kappa shape index (κ3) is 2.06. The molecule has 0 spiro atoms. The van der Waals surface area contributed by atoms with Crippen LogP contribution in [0.15, 0.2) is 0 Å². The van der Waals surface area contributed by atoms with Gasteiger partial charge in [0, 0.05) is 24.9 Å². The summed E-state index contributed by atoms with van der Waals surface area (Å²) in [5, 5.41) is 3.00. The molecule has 2 atom stereocenters. The molecular weight excluding hydrogens is 168 g/mol. The Morgan fingerprint density at radius 1 is 1.62 bits per heavy atom. The highest BCUT2D eigenvalue weighted by Gasteiger charge is 2.35. The van der Waals surface area contributed by atoms with E-state index in [0.717, 1.165) is 0 Å². The third-order valence-corrected chi connectivity index (χ3v) is 2.42. The van der Waals surface area contributed by atoms with E-state index in [2.05, 4.69) is 5.32 Å². The highest BCUT2D eigenvalue weighted by molar-refractivity contribution is 6.03. The molecule has 0 aromatic rings. The molecule has 0 aromatic carbocycles. The van der Waals surface area contributed by atoms with Gasteiger partial charge in [-0.2, -0.15) is 0 Å². The van der Waals surface area contributed by atoms with Crippen molar-refractivity contribution < 1.29 is 9.59 Å². The quantitative estimate of drug-likeness (QED) is 0.628. The van der Waals surface area contributed by atoms with Gasteiger partial charge in [-0.25, -0.2) is 0 Å². The molecule has 1 aliphatic rings. The molecule has 2 unspecified atom stereocenters. The van der Waals surface area contributed by atoms with Gasteiger partial charge in [-0.15, -0.1) is 0 Å². The number of nitrogens with zero attached hydrogens (tertiary/aromatic N) is 1. The van der Waals surface area contributed by atoms with E-state index in [0.29, 0.717) is 13.0 Å². The number of hydrogen-bond donors (Lipinski definition) is 1. The van der Waals surface area contributed by atoms with Crippen LogP contribution in [0.25, 0.3) is 0 Å². The molecule has 0 saturated carbocycles. The molecule has 1 aliphatic heterocycles. The third-order valence-electron chi connectivity index (χ3n) is 2.42. The summed E-state index contributed by atoms with van der Waals surface area (Å²) in [6.45, 7) is 4.23. The van der Waals surface area contributed by atoms with E-state index in [-0.39, 0.29) is 23.8 Å². The van der Waals surface area contributed by atoms with E-state index in [1.54, 1.807) is 6.92 Å². The van der Waals surface area contributed by atoms with Crippen LogP contribution in [0.4, 0.5) is 0 Å². The van der Waals surface area contributed by atoms with Crippen LogP contribution in [0.3, 0.4) is 0 Å². The maximum absolute atomic E-state index is 11.4. The van der Waals surface area contributed by atoms with E-state index >= 15 is 0 Å². The van der Waals surface area contributed by atoms with Gasteiger partial charge < -0.3 is 5.32 Å². The smallest absolute Gasteiger partial charge is 0.232 e. The molecule has 1 rings (SSSR count). The maximum Gasteiger partial charge on any atom is 0.232 e. The van der Waals surface area contributed by atoms with E-state index in [9.17, 15) is 9.59 Å². The number of likely N-dealkylation sites (N-methyl/N-ethyl adjacent to an activating group) is 1. The highest BCUT2D eigenvalue weighted by atomic mass is 16.2. The zero-order valence-corrected chi connectivity index (χ0v) is 8.33. The largest absolute Gasteiger partial charge is 0.315 e. The minimum absolute atomic E-state index is 0.0351. The number of carbonyl (C=O) groups excluding carboxylic acids is 2. The van der Waals surface area contributed by atoms with Gasteiger partial charge in [-0.3, -0.25) is 14.5 Å². The van der Waals surface area contributed by atoms with Gasteiger partial charge in [0.15, 0.2) is 0 Å². The number of rotatable bonds is 3. The Labute approximate surface area is 78.3 Å². The van der Waals surface area contributed by atoms with Crippen molar-refractivity contribution in [3.63, 3.8) is 0 Å². The van der Waals surface area contributed by atoms with Gasteiger partial charge >= 0.3 is 0 Å². The normalized spacial score (nSPS) is 25.5. The maximum atomic E-state index is 11.4. The van der Waals surface area contributed by atoms with Gasteiger partial charge in [0.1, 0.15) is 0 Å². The summed E-state index contributed by atoms with van der Waals surface area (Å²) >= 11 is 0. The predicted octanol–water partition coefficient (Wildman–Crippen LogP) is -0.0107. The van der Waals surface area contributed by atoms with Crippen LogP contribution >= 0.6 is 0 Å². The Morgan fingerprint density at radius 2 is 2.23 bits per heavy atom. The number of carbonyl (C=O) groups is 2. The summed E-state index contributed by atoms with van der Waals surface area (Å²) in [6, 6.07) is 0.165. The number of hydrogen-bond acceptors (Lipinski definition) is 3. The summed E-state index contributed by atoms with van der Waals surface area (Å²) in [5.41, 5.74) is 0. The van der Waals surface area contributed by atoms with Crippen molar-refractivity contribution in [2.75, 3.05) is 13.6 Å². The second-order valence-electron chi connectivity index (χ2n) is 3.64. The van der Waals surface area contributed by atoms with Crippen molar-refractivity contribution in [2.24, 2.45) is 5.92 Å². The Balaban J connectivity index is 2.59. The van der Waals surface area contributed by atoms with E-state index in [1.165, 1.54) is 4.90 Å². The van der Waals surface area contributed by atoms with Crippen molar-refractivity contribution in [3.05, 3.63) is 0 Å². The molecular formula is C9H16N2O2. The van der Waals surface area contributed by atoms with Crippen LogP contribution in [0.2, 0.25) is 0 Å². The summed E-state index contributed by atoms with van der Waals surface area (Å²) in [5.74, 6) is -0.205. The van der Waals surface area contributed by atoms with Crippen molar-refractivity contribution >= 4 is 11.8 Å². The van der Waals surface area contributed by atoms with Gasteiger partial charge in [0.05, 0.1) is 0 Å². The number of imide groups is 1. The Hall–Kier alpha value is -0.900. The fraction of sp³-hybridized carbons (Fsp3) is 0.778. The fourth-order valence-electron chi connectivity index (χ4n) is 1.41. The van der Waals surface area contributed by atoms with Crippen LogP contribution in [0.5, 0.6) is 0 Å². The molecule has 74 valence electrons. The second-order valence-corrected chi connectivity index (χ2v) is 3.64. The first kappa shape index (κ1) is 10.2. The molecule has 13 heavy (non-hydrogen) atoms. The first-order valence-corrected chi connectivity index (χ1v) is 4.57. The number of nitrogens with one attached hydrogen (secondary N) is 1. The first-order valence-electron chi connectivity index (χ1n) is 4.57. The standard InChI is InChI=1S/C9H16N2O2/c1-6-4-8(12)11(9(6)13)5-7(2)10-3/h6-7,10H,4-5H2,1-3H3. The lowest BCUT2D eigenvalue weighted by Crippen LogP contribution is -2.40. The molecule has 2 amide bonds. The molecule has 4 heteroatoms. The van der Waals surface area contributed by atoms with Crippen molar-refractivity contribution in [1.82, 2.24) is 10.2 Å². The van der Waals surface area contributed by atoms with Crippen LogP contribution < -0.4 is 5.32 Å². The van der Waals surface area contributed by atoms with Crippen molar-refractivity contribution in [1.29, 1.82) is 0 Å². The average molecular weight is 184 g/mol. The monoisotopic (exact) mass is 184 g/mol. The molecule has 0 radical (unpaired) electrons. The molecule has 4 nitrogen and oxygen atoms in total. The Morgan fingerprint density at radius 3 is 2.62 bits per heavy atom. The van der Waals surface area contributed by atoms with Crippen molar-refractivity contribution in [2.45, 2.75) is 26.3 Å². The molecule has 0 aliphatic carbocycles. The highest BCUT2D eigenvalue weighted by Crippen LogP contribution is 2.18. The zero-order valence-electron chi connectivity index (χ0n) is 8.33. The molecule has 1 heterocycles. The number of amides is 2. The van der Waals surface area contributed by atoms with Gasteiger partial charge in [0.25, 0.3) is 0 Å². The van der Waals surface area contributed by atoms with E-state index in [4.69, 9.17) is 0 Å². The number of likely N-dealkylation sites (tertiary alicyclic amines) is 1. The molecule has 1 saturated heterocycles. The van der Waals surface area contributed by atoms with E-state index < -0.39 is 0 Å². The van der Waals surface area contributed by atoms with Crippen LogP contribution in [-0.2, 0) is 9.59 Å². The molecule has 1 N–H and O–H groups in total. The fourth-order valence-corrected chi connectivity index (χ4v) is 1.41. The summed E-state index contributed by atoms with van der Waals surface area (Å²) < 4.78 is 0. The first-order chi connectivity index (χ1) is 6.06. The Bertz CT molecular complexity index is 228. The summed E-state index contributed by atoms with van der Waals surface area (Å²) in [7, 11) is 1.82. The molecule has 0 aromatic heterocycles. The average Bonchev–Trinajstić information content (AvgIpc) is 2.32. The summed E-state index contributed by atoms with van der Waals surface area (Å²) in [6.07, 6.45) is 0.370.